The van der Waals surface area contributed by atoms with Gasteiger partial charge in [-0.25, -0.2) is 0 Å². The molecule has 0 aromatic carbocycles. The van der Waals surface area contributed by atoms with Crippen molar-refractivity contribution in [3.63, 3.8) is 0 Å². The highest BCUT2D eigenvalue weighted by atomic mass is 32.1. The molecule has 0 bridgehead atoms. The molecule has 0 N–H and O–H groups in total. The second-order valence-electron chi connectivity index (χ2n) is 3.73. The maximum Gasteiger partial charge on any atom is 0.0628 e. The summed E-state index contributed by atoms with van der Waals surface area (Å²) < 4.78 is 0. The van der Waals surface area contributed by atoms with Crippen LogP contribution in [0.3, 0.4) is 0 Å². The molecule has 3 heteroatoms. The highest BCUT2D eigenvalue weighted by molar-refractivity contribution is 7.12. The normalized spacial score (nSPS) is 10.1. The van der Waals surface area contributed by atoms with Gasteiger partial charge in [0, 0.05) is 28.5 Å². The summed E-state index contributed by atoms with van der Waals surface area (Å²) in [6.45, 7) is 4.26. The van der Waals surface area contributed by atoms with Gasteiger partial charge in [-0.2, -0.15) is 10.5 Å². The fourth-order valence-electron chi connectivity index (χ4n) is 1.78. The van der Waals surface area contributed by atoms with E-state index in [0.717, 1.165) is 12.8 Å². The highest BCUT2D eigenvalue weighted by Crippen LogP contribution is 2.34. The van der Waals surface area contributed by atoms with Gasteiger partial charge in [0.05, 0.1) is 12.1 Å². The van der Waals surface area contributed by atoms with Gasteiger partial charge in [-0.05, 0) is 24.5 Å². The number of thiophene rings is 1. The first-order chi connectivity index (χ1) is 7.76. The number of nitriles is 2. The lowest BCUT2D eigenvalue weighted by atomic mass is 9.97. The van der Waals surface area contributed by atoms with E-state index in [0.29, 0.717) is 12.8 Å². The van der Waals surface area contributed by atoms with Gasteiger partial charge < -0.3 is 0 Å². The Labute approximate surface area is 101 Å². The zero-order valence-electron chi connectivity index (χ0n) is 9.79. The molecule has 0 amide bonds. The van der Waals surface area contributed by atoms with Crippen molar-refractivity contribution in [1.82, 2.24) is 0 Å². The molecule has 1 rings (SSSR count). The summed E-state index contributed by atoms with van der Waals surface area (Å²) in [4.78, 5) is 2.61. The van der Waals surface area contributed by atoms with Crippen molar-refractivity contribution in [1.29, 1.82) is 10.5 Å². The lowest BCUT2D eigenvalue weighted by molar-refractivity contribution is 0.732. The number of hydrogen-bond donors (Lipinski definition) is 0. The second-order valence-corrected chi connectivity index (χ2v) is 4.90. The van der Waals surface area contributed by atoms with E-state index < -0.39 is 0 Å². The molecule has 0 fully saturated rings. The lowest BCUT2D eigenvalue weighted by Gasteiger charge is -2.09. The molecule has 0 saturated heterocycles. The first kappa shape index (κ1) is 12.7. The third-order valence-electron chi connectivity index (χ3n) is 2.67. The summed E-state index contributed by atoms with van der Waals surface area (Å²) in [6, 6.07) is 6.59. The Morgan fingerprint density at radius 2 is 1.81 bits per heavy atom. The van der Waals surface area contributed by atoms with E-state index in [1.54, 1.807) is 11.3 Å². The lowest BCUT2D eigenvalue weighted by Crippen LogP contribution is -1.97. The largest absolute Gasteiger partial charge is 0.198 e. The Hall–Kier alpha value is -1.32. The van der Waals surface area contributed by atoms with E-state index in [1.807, 2.05) is 0 Å². The molecule has 1 heterocycles. The van der Waals surface area contributed by atoms with Crippen molar-refractivity contribution in [3.05, 3.63) is 21.4 Å². The molecule has 84 valence electrons. The minimum atomic E-state index is 0.107. The minimum absolute atomic E-state index is 0.107. The summed E-state index contributed by atoms with van der Waals surface area (Å²) >= 11 is 1.77. The van der Waals surface area contributed by atoms with Gasteiger partial charge in [0.25, 0.3) is 0 Å². The van der Waals surface area contributed by atoms with Gasteiger partial charge in [0.15, 0.2) is 0 Å². The molecule has 0 aliphatic heterocycles. The van der Waals surface area contributed by atoms with Crippen LogP contribution in [0.25, 0.3) is 0 Å². The first-order valence-electron chi connectivity index (χ1n) is 5.62. The van der Waals surface area contributed by atoms with E-state index in [4.69, 9.17) is 10.5 Å². The van der Waals surface area contributed by atoms with Crippen molar-refractivity contribution in [2.75, 3.05) is 0 Å². The van der Waals surface area contributed by atoms with Crippen LogP contribution in [0.15, 0.2) is 6.07 Å². The van der Waals surface area contributed by atoms with Gasteiger partial charge in [-0.15, -0.1) is 11.3 Å². The van der Waals surface area contributed by atoms with Crippen LogP contribution in [0.2, 0.25) is 0 Å². The Morgan fingerprint density at radius 1 is 1.19 bits per heavy atom. The Balaban J connectivity index is 3.03. The number of hydrogen-bond acceptors (Lipinski definition) is 3. The van der Waals surface area contributed by atoms with Crippen LogP contribution in [0, 0.1) is 22.7 Å². The molecule has 16 heavy (non-hydrogen) atoms. The summed E-state index contributed by atoms with van der Waals surface area (Å²) in [5.41, 5.74) is 1.32. The van der Waals surface area contributed by atoms with Crippen LogP contribution >= 0.6 is 11.3 Å². The van der Waals surface area contributed by atoms with Crippen molar-refractivity contribution in [2.45, 2.75) is 45.4 Å². The van der Waals surface area contributed by atoms with Crippen LogP contribution in [0.1, 0.15) is 47.9 Å². The minimum Gasteiger partial charge on any atom is -0.198 e. The van der Waals surface area contributed by atoms with E-state index in [9.17, 15) is 0 Å². The second kappa shape index (κ2) is 6.30. The predicted octanol–water partition coefficient (Wildman–Crippen LogP) is 3.78. The molecule has 0 saturated carbocycles. The standard InChI is InChI=1S/C13H16N2S/c1-3-10-9-12(4-2)16-13(10)11(5-7-14)6-8-15/h9,11H,3-6H2,1-2H3. The molecule has 0 radical (unpaired) electrons. The quantitative estimate of drug-likeness (QED) is 0.775. The van der Waals surface area contributed by atoms with Crippen LogP contribution < -0.4 is 0 Å². The molecular weight excluding hydrogens is 216 g/mol. The van der Waals surface area contributed by atoms with E-state index in [1.165, 1.54) is 15.3 Å². The predicted molar refractivity (Wildman–Crippen MR) is 66.3 cm³/mol. The van der Waals surface area contributed by atoms with Crippen molar-refractivity contribution in [3.8, 4) is 12.1 Å². The number of rotatable bonds is 5. The van der Waals surface area contributed by atoms with Gasteiger partial charge >= 0.3 is 0 Å². The van der Waals surface area contributed by atoms with E-state index in [2.05, 4.69) is 32.1 Å². The van der Waals surface area contributed by atoms with Gasteiger partial charge in [-0.3, -0.25) is 0 Å². The molecule has 0 aliphatic rings. The molecular formula is C13H16N2S. The van der Waals surface area contributed by atoms with Crippen LogP contribution in [-0.2, 0) is 12.8 Å². The van der Waals surface area contributed by atoms with Gasteiger partial charge in [-0.1, -0.05) is 13.8 Å². The zero-order valence-corrected chi connectivity index (χ0v) is 10.6. The maximum atomic E-state index is 8.80. The molecule has 0 aliphatic carbocycles. The SMILES string of the molecule is CCc1cc(CC)c(C(CC#N)CC#N)s1. The molecule has 1 aromatic heterocycles. The molecule has 1 aromatic rings. The third-order valence-corrected chi connectivity index (χ3v) is 4.15. The molecule has 2 nitrogen and oxygen atoms in total. The summed E-state index contributed by atoms with van der Waals surface area (Å²) in [6.07, 6.45) is 2.91. The molecule has 0 spiro atoms. The van der Waals surface area contributed by atoms with Crippen molar-refractivity contribution in [2.24, 2.45) is 0 Å². The monoisotopic (exact) mass is 232 g/mol. The Bertz CT molecular complexity index is 404. The first-order valence-corrected chi connectivity index (χ1v) is 6.43. The van der Waals surface area contributed by atoms with E-state index in [-0.39, 0.29) is 5.92 Å². The van der Waals surface area contributed by atoms with Crippen LogP contribution in [0.5, 0.6) is 0 Å². The Kier molecular flexibility index (Phi) is 5.02. The molecule has 0 atom stereocenters. The summed E-state index contributed by atoms with van der Waals surface area (Å²) in [5, 5.41) is 17.6. The summed E-state index contributed by atoms with van der Waals surface area (Å²) in [7, 11) is 0. The number of nitrogens with zero attached hydrogens (tertiary/aromatic N) is 2. The van der Waals surface area contributed by atoms with Crippen LogP contribution in [0.4, 0.5) is 0 Å². The van der Waals surface area contributed by atoms with Gasteiger partial charge in [0.2, 0.25) is 0 Å². The topological polar surface area (TPSA) is 47.6 Å². The van der Waals surface area contributed by atoms with Crippen LogP contribution in [-0.4, -0.2) is 0 Å². The molecule has 0 unspecified atom stereocenters. The average Bonchev–Trinajstić information content (AvgIpc) is 2.72. The number of aryl methyl sites for hydroxylation is 2. The fraction of sp³-hybridized carbons (Fsp3) is 0.538. The van der Waals surface area contributed by atoms with Gasteiger partial charge in [0.1, 0.15) is 0 Å². The zero-order chi connectivity index (χ0) is 12.0. The average molecular weight is 232 g/mol. The fourth-order valence-corrected chi connectivity index (χ4v) is 3.07. The van der Waals surface area contributed by atoms with Crippen molar-refractivity contribution < 1.29 is 0 Å². The maximum absolute atomic E-state index is 8.80. The van der Waals surface area contributed by atoms with Crippen molar-refractivity contribution >= 4 is 11.3 Å². The summed E-state index contributed by atoms with van der Waals surface area (Å²) in [5.74, 6) is 0.107. The van der Waals surface area contributed by atoms with E-state index >= 15 is 0 Å². The third kappa shape index (κ3) is 2.84. The highest BCUT2D eigenvalue weighted by Gasteiger charge is 2.17. The smallest absolute Gasteiger partial charge is 0.0628 e. The Morgan fingerprint density at radius 3 is 2.25 bits per heavy atom.